The molecule has 1 aliphatic heterocycles. The Bertz CT molecular complexity index is 419. The van der Waals surface area contributed by atoms with Crippen molar-refractivity contribution in [2.24, 2.45) is 0 Å². The minimum absolute atomic E-state index is 0.304. The minimum atomic E-state index is 0.304. The van der Waals surface area contributed by atoms with Gasteiger partial charge in [-0.1, -0.05) is 24.6 Å². The summed E-state index contributed by atoms with van der Waals surface area (Å²) in [6, 6.07) is 6.32. The van der Waals surface area contributed by atoms with Crippen LogP contribution in [-0.4, -0.2) is 25.9 Å². The fourth-order valence-corrected chi connectivity index (χ4v) is 2.74. The average molecular weight is 298 g/mol. The fourth-order valence-electron chi connectivity index (χ4n) is 2.50. The molecule has 1 aliphatic rings. The van der Waals surface area contributed by atoms with Crippen molar-refractivity contribution in [2.75, 3.05) is 19.8 Å². The summed E-state index contributed by atoms with van der Waals surface area (Å²) in [6.07, 6.45) is 3.62. The summed E-state index contributed by atoms with van der Waals surface area (Å²) in [5.74, 6) is 0.761. The molecule has 1 saturated heterocycles. The van der Waals surface area contributed by atoms with Crippen LogP contribution in [0.4, 0.5) is 0 Å². The Morgan fingerprint density at radius 2 is 2.35 bits per heavy atom. The molecule has 1 N–H and O–H groups in total. The van der Waals surface area contributed by atoms with Crippen LogP contribution in [0.25, 0.3) is 0 Å². The van der Waals surface area contributed by atoms with Crippen LogP contribution in [-0.2, 0) is 4.74 Å². The van der Waals surface area contributed by atoms with Gasteiger partial charge < -0.3 is 14.8 Å². The van der Waals surface area contributed by atoms with E-state index in [2.05, 4.69) is 25.2 Å². The number of ether oxygens (including phenoxy) is 2. The van der Waals surface area contributed by atoms with Crippen LogP contribution in [0, 0.1) is 0 Å². The molecule has 0 bridgehead atoms. The van der Waals surface area contributed by atoms with Crippen molar-refractivity contribution in [1.82, 2.24) is 5.32 Å². The highest BCUT2D eigenvalue weighted by atomic mass is 35.5. The topological polar surface area (TPSA) is 30.5 Å². The fraction of sp³-hybridized carbons (Fsp3) is 0.625. The molecule has 1 aromatic carbocycles. The van der Waals surface area contributed by atoms with E-state index in [0.29, 0.717) is 23.8 Å². The zero-order valence-electron chi connectivity index (χ0n) is 12.3. The number of halogens is 1. The highest BCUT2D eigenvalue weighted by Gasteiger charge is 2.15. The first kappa shape index (κ1) is 15.6. The first-order valence-electron chi connectivity index (χ1n) is 7.48. The van der Waals surface area contributed by atoms with E-state index < -0.39 is 0 Å². The number of rotatable bonds is 7. The summed E-state index contributed by atoms with van der Waals surface area (Å²) in [6.45, 7) is 6.72. The summed E-state index contributed by atoms with van der Waals surface area (Å²) in [5.41, 5.74) is 1.18. The molecule has 1 heterocycles. The summed E-state index contributed by atoms with van der Waals surface area (Å²) in [4.78, 5) is 0. The lowest BCUT2D eigenvalue weighted by Gasteiger charge is -2.15. The van der Waals surface area contributed by atoms with Gasteiger partial charge in [0.2, 0.25) is 0 Å². The largest absolute Gasteiger partial charge is 0.492 e. The molecule has 1 aromatic rings. The summed E-state index contributed by atoms with van der Waals surface area (Å²) >= 11 is 6.29. The normalized spacial score (nSPS) is 20.1. The van der Waals surface area contributed by atoms with E-state index in [1.807, 2.05) is 12.1 Å². The number of benzene rings is 1. The third kappa shape index (κ3) is 4.37. The lowest BCUT2D eigenvalue weighted by molar-refractivity contribution is 0.0904. The van der Waals surface area contributed by atoms with Crippen LogP contribution in [0.3, 0.4) is 0 Å². The summed E-state index contributed by atoms with van der Waals surface area (Å²) in [5, 5.41) is 4.05. The van der Waals surface area contributed by atoms with Crippen molar-refractivity contribution in [3.63, 3.8) is 0 Å². The average Bonchev–Trinajstić information content (AvgIpc) is 2.94. The zero-order chi connectivity index (χ0) is 14.4. The Hall–Kier alpha value is -0.770. The van der Waals surface area contributed by atoms with E-state index in [4.69, 9.17) is 21.1 Å². The molecular formula is C16H24ClNO2. The van der Waals surface area contributed by atoms with Crippen LogP contribution in [0.2, 0.25) is 5.02 Å². The van der Waals surface area contributed by atoms with Crippen molar-refractivity contribution in [2.45, 2.75) is 45.3 Å². The lowest BCUT2D eigenvalue weighted by Crippen LogP contribution is -2.17. The van der Waals surface area contributed by atoms with E-state index in [0.717, 1.165) is 31.7 Å². The van der Waals surface area contributed by atoms with E-state index in [-0.39, 0.29) is 0 Å². The lowest BCUT2D eigenvalue weighted by atomic mass is 10.1. The Kier molecular flexibility index (Phi) is 6.14. The molecule has 0 amide bonds. The van der Waals surface area contributed by atoms with Gasteiger partial charge in [-0.15, -0.1) is 0 Å². The van der Waals surface area contributed by atoms with Gasteiger partial charge in [0.15, 0.2) is 0 Å². The molecule has 0 spiro atoms. The molecule has 2 unspecified atom stereocenters. The standard InChI is InChI=1S/C16H24ClNO2/c1-3-18-12(2)13-6-7-16(15(17)11-13)20-10-8-14-5-4-9-19-14/h6-7,11-12,14,18H,3-5,8-10H2,1-2H3. The Morgan fingerprint density at radius 1 is 1.50 bits per heavy atom. The van der Waals surface area contributed by atoms with Crippen LogP contribution in [0.5, 0.6) is 5.75 Å². The van der Waals surface area contributed by atoms with Gasteiger partial charge in [0.25, 0.3) is 0 Å². The van der Waals surface area contributed by atoms with Gasteiger partial charge in [-0.3, -0.25) is 0 Å². The first-order chi connectivity index (χ1) is 9.70. The number of nitrogens with one attached hydrogen (secondary N) is 1. The van der Waals surface area contributed by atoms with E-state index in [9.17, 15) is 0 Å². The Morgan fingerprint density at radius 3 is 3.00 bits per heavy atom. The van der Waals surface area contributed by atoms with Gasteiger partial charge in [-0.2, -0.15) is 0 Å². The maximum Gasteiger partial charge on any atom is 0.137 e. The highest BCUT2D eigenvalue weighted by molar-refractivity contribution is 6.32. The maximum atomic E-state index is 6.29. The second-order valence-electron chi connectivity index (χ2n) is 5.24. The van der Waals surface area contributed by atoms with E-state index in [1.165, 1.54) is 12.0 Å². The third-order valence-electron chi connectivity index (χ3n) is 3.69. The van der Waals surface area contributed by atoms with Crippen LogP contribution < -0.4 is 10.1 Å². The second-order valence-corrected chi connectivity index (χ2v) is 5.65. The van der Waals surface area contributed by atoms with Crippen molar-refractivity contribution < 1.29 is 9.47 Å². The predicted octanol–water partition coefficient (Wildman–Crippen LogP) is 3.96. The summed E-state index contributed by atoms with van der Waals surface area (Å²) in [7, 11) is 0. The molecule has 0 aromatic heterocycles. The van der Waals surface area contributed by atoms with Gasteiger partial charge >= 0.3 is 0 Å². The maximum absolute atomic E-state index is 6.29. The van der Waals surface area contributed by atoms with E-state index >= 15 is 0 Å². The molecule has 0 saturated carbocycles. The van der Waals surface area contributed by atoms with Gasteiger partial charge in [0.1, 0.15) is 5.75 Å². The molecular weight excluding hydrogens is 274 g/mol. The second kappa shape index (κ2) is 7.87. The monoisotopic (exact) mass is 297 g/mol. The third-order valence-corrected chi connectivity index (χ3v) is 3.98. The van der Waals surface area contributed by atoms with Crippen LogP contribution in [0.15, 0.2) is 18.2 Å². The molecule has 2 atom stereocenters. The molecule has 2 rings (SSSR count). The zero-order valence-corrected chi connectivity index (χ0v) is 13.1. The minimum Gasteiger partial charge on any atom is -0.492 e. The van der Waals surface area contributed by atoms with Crippen LogP contribution in [0.1, 0.15) is 44.7 Å². The molecule has 1 fully saturated rings. The summed E-state index contributed by atoms with van der Waals surface area (Å²) < 4.78 is 11.3. The quantitative estimate of drug-likeness (QED) is 0.826. The first-order valence-corrected chi connectivity index (χ1v) is 7.85. The smallest absolute Gasteiger partial charge is 0.137 e. The van der Waals surface area contributed by atoms with Crippen molar-refractivity contribution >= 4 is 11.6 Å². The molecule has 0 radical (unpaired) electrons. The number of hydrogen-bond acceptors (Lipinski definition) is 3. The molecule has 3 nitrogen and oxygen atoms in total. The van der Waals surface area contributed by atoms with Crippen molar-refractivity contribution in [3.05, 3.63) is 28.8 Å². The van der Waals surface area contributed by atoms with Crippen LogP contribution >= 0.6 is 11.6 Å². The SMILES string of the molecule is CCNC(C)c1ccc(OCCC2CCCO2)c(Cl)c1. The Balaban J connectivity index is 1.85. The van der Waals surface area contributed by atoms with Crippen molar-refractivity contribution in [1.29, 1.82) is 0 Å². The van der Waals surface area contributed by atoms with Gasteiger partial charge in [-0.05, 0) is 44.0 Å². The molecule has 4 heteroatoms. The van der Waals surface area contributed by atoms with Gasteiger partial charge in [0.05, 0.1) is 17.7 Å². The molecule has 112 valence electrons. The Labute approximate surface area is 126 Å². The van der Waals surface area contributed by atoms with Gasteiger partial charge in [-0.25, -0.2) is 0 Å². The molecule has 0 aliphatic carbocycles. The number of hydrogen-bond donors (Lipinski definition) is 1. The predicted molar refractivity (Wildman–Crippen MR) is 82.6 cm³/mol. The highest BCUT2D eigenvalue weighted by Crippen LogP contribution is 2.28. The van der Waals surface area contributed by atoms with E-state index in [1.54, 1.807) is 0 Å². The van der Waals surface area contributed by atoms with Gasteiger partial charge in [0, 0.05) is 19.1 Å². The molecule has 20 heavy (non-hydrogen) atoms. The van der Waals surface area contributed by atoms with Crippen molar-refractivity contribution in [3.8, 4) is 5.75 Å².